The molecule has 0 spiro atoms. The van der Waals surface area contributed by atoms with E-state index in [9.17, 15) is 19.5 Å². The number of hydrogen-bond donors (Lipinski definition) is 2. The van der Waals surface area contributed by atoms with Crippen LogP contribution in [0.15, 0.2) is 84.9 Å². The Hall–Kier alpha value is -3.58. The zero-order valence-electron chi connectivity index (χ0n) is 19.2. The van der Waals surface area contributed by atoms with Crippen LogP contribution in [-0.4, -0.2) is 45.8 Å². The number of thioether (sulfide) groups is 1. The van der Waals surface area contributed by atoms with Crippen molar-refractivity contribution in [3.8, 4) is 11.1 Å². The number of carboxylic acid groups (broad SMARTS) is 1. The maximum Gasteiger partial charge on any atom is 0.327 e. The number of imide groups is 1. The van der Waals surface area contributed by atoms with Gasteiger partial charge in [-0.2, -0.15) is 11.8 Å². The minimum Gasteiger partial charge on any atom is -0.480 e. The first-order chi connectivity index (χ1) is 16.4. The van der Waals surface area contributed by atoms with Crippen molar-refractivity contribution in [2.45, 2.75) is 31.7 Å². The Labute approximate surface area is 204 Å². The lowest BCUT2D eigenvalue weighted by atomic mass is 10.0. The molecule has 2 N–H and O–H groups in total. The summed E-state index contributed by atoms with van der Waals surface area (Å²) in [6, 6.07) is 24.1. The van der Waals surface area contributed by atoms with Crippen LogP contribution < -0.4 is 5.32 Å². The van der Waals surface area contributed by atoms with Crippen molar-refractivity contribution in [3.63, 3.8) is 0 Å². The van der Waals surface area contributed by atoms with Crippen molar-refractivity contribution in [1.82, 2.24) is 10.2 Å². The molecule has 0 saturated carbocycles. The van der Waals surface area contributed by atoms with E-state index in [2.05, 4.69) is 5.32 Å². The molecule has 0 aliphatic heterocycles. The monoisotopic (exact) mass is 476 g/mol. The number of rotatable bonds is 9. The van der Waals surface area contributed by atoms with Crippen molar-refractivity contribution in [2.24, 2.45) is 0 Å². The van der Waals surface area contributed by atoms with E-state index in [0.717, 1.165) is 21.6 Å². The van der Waals surface area contributed by atoms with Gasteiger partial charge in [0, 0.05) is 23.1 Å². The van der Waals surface area contributed by atoms with Crippen LogP contribution >= 0.6 is 11.8 Å². The molecular weight excluding hydrogens is 448 g/mol. The standard InChI is InChI=1S/C27H28N2O4S/c1-19(2)29(25(30)23-15-9-14-22(16-23)21-12-7-4-8-13-21)27(33)28-24(26(31)32)18-34-17-20-10-5-3-6-11-20/h3-16,19,24H,17-18H2,1-2H3,(H,28,33)(H,31,32)/t24-/m0/s1. The summed E-state index contributed by atoms with van der Waals surface area (Å²) < 4.78 is 0. The molecule has 3 rings (SSSR count). The molecule has 0 aliphatic carbocycles. The third-order valence-electron chi connectivity index (χ3n) is 5.16. The number of amides is 3. The first-order valence-corrected chi connectivity index (χ1v) is 12.2. The average Bonchev–Trinajstić information content (AvgIpc) is 2.84. The second-order valence-electron chi connectivity index (χ2n) is 8.06. The Kier molecular flexibility index (Phi) is 8.87. The fourth-order valence-electron chi connectivity index (χ4n) is 3.42. The highest BCUT2D eigenvalue weighted by molar-refractivity contribution is 7.98. The molecule has 3 amide bonds. The Bertz CT molecular complexity index is 1120. The van der Waals surface area contributed by atoms with E-state index in [1.54, 1.807) is 32.0 Å². The van der Waals surface area contributed by atoms with Crippen molar-refractivity contribution < 1.29 is 19.5 Å². The Morgan fingerprint density at radius 3 is 2.12 bits per heavy atom. The molecule has 3 aromatic carbocycles. The smallest absolute Gasteiger partial charge is 0.327 e. The number of urea groups is 1. The number of carbonyl (C=O) groups excluding carboxylic acids is 2. The molecule has 0 aromatic heterocycles. The SMILES string of the molecule is CC(C)N(C(=O)N[C@@H](CSCc1ccccc1)C(=O)O)C(=O)c1cccc(-c2ccccc2)c1. The van der Waals surface area contributed by atoms with Gasteiger partial charge in [-0.3, -0.25) is 9.69 Å². The van der Waals surface area contributed by atoms with Gasteiger partial charge in [0.25, 0.3) is 5.91 Å². The van der Waals surface area contributed by atoms with E-state index in [1.165, 1.54) is 11.8 Å². The second-order valence-corrected chi connectivity index (χ2v) is 9.09. The van der Waals surface area contributed by atoms with Gasteiger partial charge in [-0.05, 0) is 42.7 Å². The predicted molar refractivity (Wildman–Crippen MR) is 136 cm³/mol. The maximum absolute atomic E-state index is 13.3. The first kappa shape index (κ1) is 25.1. The third-order valence-corrected chi connectivity index (χ3v) is 6.27. The molecule has 7 heteroatoms. The van der Waals surface area contributed by atoms with Crippen LogP contribution in [0.25, 0.3) is 11.1 Å². The lowest BCUT2D eigenvalue weighted by Crippen LogP contribution is -2.53. The fourth-order valence-corrected chi connectivity index (χ4v) is 4.43. The van der Waals surface area contributed by atoms with Crippen LogP contribution in [-0.2, 0) is 10.5 Å². The molecule has 34 heavy (non-hydrogen) atoms. The molecule has 0 aliphatic rings. The summed E-state index contributed by atoms with van der Waals surface area (Å²) in [5, 5.41) is 12.2. The summed E-state index contributed by atoms with van der Waals surface area (Å²) in [6.07, 6.45) is 0. The molecule has 0 radical (unpaired) electrons. The van der Waals surface area contributed by atoms with Crippen molar-refractivity contribution in [2.75, 3.05) is 5.75 Å². The number of nitrogens with zero attached hydrogens (tertiary/aromatic N) is 1. The van der Waals surface area contributed by atoms with Gasteiger partial charge >= 0.3 is 12.0 Å². The lowest BCUT2D eigenvalue weighted by Gasteiger charge is -2.27. The molecule has 6 nitrogen and oxygen atoms in total. The number of carbonyl (C=O) groups is 3. The van der Waals surface area contributed by atoms with Crippen LogP contribution in [0.3, 0.4) is 0 Å². The highest BCUT2D eigenvalue weighted by atomic mass is 32.2. The third kappa shape index (κ3) is 6.71. The Morgan fingerprint density at radius 1 is 0.882 bits per heavy atom. The van der Waals surface area contributed by atoms with Gasteiger partial charge in [-0.15, -0.1) is 0 Å². The second kappa shape index (κ2) is 12.0. The van der Waals surface area contributed by atoms with E-state index < -0.39 is 30.0 Å². The molecule has 176 valence electrons. The van der Waals surface area contributed by atoms with Gasteiger partial charge in [0.15, 0.2) is 0 Å². The quantitative estimate of drug-likeness (QED) is 0.438. The number of nitrogens with one attached hydrogen (secondary N) is 1. The highest BCUT2D eigenvalue weighted by Gasteiger charge is 2.29. The largest absolute Gasteiger partial charge is 0.480 e. The average molecular weight is 477 g/mol. The van der Waals surface area contributed by atoms with Gasteiger partial charge in [0.05, 0.1) is 0 Å². The fraction of sp³-hybridized carbons (Fsp3) is 0.222. The maximum atomic E-state index is 13.3. The minimum atomic E-state index is -1.14. The van der Waals surface area contributed by atoms with Crippen molar-refractivity contribution in [3.05, 3.63) is 96.1 Å². The summed E-state index contributed by atoms with van der Waals surface area (Å²) in [6.45, 7) is 3.44. The lowest BCUT2D eigenvalue weighted by molar-refractivity contribution is -0.138. The molecular formula is C27H28N2O4S. The van der Waals surface area contributed by atoms with Crippen LogP contribution in [0.1, 0.15) is 29.8 Å². The van der Waals surface area contributed by atoms with E-state index in [0.29, 0.717) is 11.3 Å². The molecule has 0 bridgehead atoms. The van der Waals surface area contributed by atoms with Crippen LogP contribution in [0.4, 0.5) is 4.79 Å². The van der Waals surface area contributed by atoms with Gasteiger partial charge < -0.3 is 10.4 Å². The summed E-state index contributed by atoms with van der Waals surface area (Å²) in [5.41, 5.74) is 3.24. The Morgan fingerprint density at radius 2 is 1.50 bits per heavy atom. The van der Waals surface area contributed by atoms with Gasteiger partial charge in [-0.1, -0.05) is 72.8 Å². The minimum absolute atomic E-state index is 0.180. The van der Waals surface area contributed by atoms with Crippen LogP contribution in [0, 0.1) is 0 Å². The molecule has 0 heterocycles. The van der Waals surface area contributed by atoms with Crippen LogP contribution in [0.5, 0.6) is 0 Å². The normalized spacial score (nSPS) is 11.6. The van der Waals surface area contributed by atoms with Gasteiger partial charge in [-0.25, -0.2) is 9.59 Å². The summed E-state index contributed by atoms with van der Waals surface area (Å²) in [4.78, 5) is 39.1. The van der Waals surface area contributed by atoms with Gasteiger partial charge in [0.2, 0.25) is 0 Å². The molecule has 0 fully saturated rings. The molecule has 0 saturated heterocycles. The molecule has 0 unspecified atom stereocenters. The van der Waals surface area contributed by atoms with Crippen LogP contribution in [0.2, 0.25) is 0 Å². The van der Waals surface area contributed by atoms with Crippen molar-refractivity contribution in [1.29, 1.82) is 0 Å². The Balaban J connectivity index is 1.71. The summed E-state index contributed by atoms with van der Waals surface area (Å²) in [5.74, 6) is -0.818. The number of benzene rings is 3. The number of aliphatic carboxylic acids is 1. The van der Waals surface area contributed by atoms with Crippen molar-refractivity contribution >= 4 is 29.7 Å². The van der Waals surface area contributed by atoms with E-state index in [1.807, 2.05) is 66.7 Å². The van der Waals surface area contributed by atoms with E-state index in [-0.39, 0.29) is 5.75 Å². The van der Waals surface area contributed by atoms with E-state index >= 15 is 0 Å². The number of hydrogen-bond acceptors (Lipinski definition) is 4. The summed E-state index contributed by atoms with van der Waals surface area (Å²) >= 11 is 1.41. The zero-order chi connectivity index (χ0) is 24.5. The molecule has 1 atom stereocenters. The zero-order valence-corrected chi connectivity index (χ0v) is 20.0. The predicted octanol–water partition coefficient (Wildman–Crippen LogP) is 5.30. The first-order valence-electron chi connectivity index (χ1n) is 11.0. The summed E-state index contributed by atoms with van der Waals surface area (Å²) in [7, 11) is 0. The number of carboxylic acids is 1. The highest BCUT2D eigenvalue weighted by Crippen LogP contribution is 2.21. The topological polar surface area (TPSA) is 86.7 Å². The molecule has 3 aromatic rings. The van der Waals surface area contributed by atoms with E-state index in [4.69, 9.17) is 0 Å². The van der Waals surface area contributed by atoms with Gasteiger partial charge in [0.1, 0.15) is 6.04 Å².